The summed E-state index contributed by atoms with van der Waals surface area (Å²) in [5, 5.41) is 19.0. The standard InChI is InChI=1S/C22H17FO7S/c1-12-8-17(19(22(26)27)10-16(12)21(24)25)18-9-13(11-31(28)29)2-7-20(18)30-15-5-3-14(23)4-6-15/h2-10,31H,11H2,1H3,(H,24,25)(H,26,27). The van der Waals surface area contributed by atoms with Crippen LogP contribution in [0.5, 0.6) is 11.5 Å². The molecular weight excluding hydrogens is 427 g/mol. The molecule has 7 nitrogen and oxygen atoms in total. The van der Waals surface area contributed by atoms with E-state index in [1.165, 1.54) is 55.5 Å². The van der Waals surface area contributed by atoms with Crippen LogP contribution in [-0.4, -0.2) is 30.6 Å². The van der Waals surface area contributed by atoms with E-state index in [9.17, 15) is 32.6 Å². The van der Waals surface area contributed by atoms with Crippen molar-refractivity contribution in [3.8, 4) is 22.6 Å². The average Bonchev–Trinajstić information content (AvgIpc) is 2.69. The minimum absolute atomic E-state index is 0.162. The number of hydrogen-bond donors (Lipinski definition) is 3. The van der Waals surface area contributed by atoms with Crippen LogP contribution in [0.1, 0.15) is 31.8 Å². The first-order valence-corrected chi connectivity index (χ1v) is 10.3. The minimum atomic E-state index is -2.74. The maximum atomic E-state index is 13.2. The molecule has 3 aromatic carbocycles. The van der Waals surface area contributed by atoms with Gasteiger partial charge in [0.05, 0.1) is 16.9 Å². The highest BCUT2D eigenvalue weighted by Gasteiger charge is 2.21. The predicted molar refractivity (Wildman–Crippen MR) is 111 cm³/mol. The molecule has 0 amide bonds. The lowest BCUT2D eigenvalue weighted by atomic mass is 9.92. The van der Waals surface area contributed by atoms with Crippen LogP contribution in [0.4, 0.5) is 4.39 Å². The average molecular weight is 444 g/mol. The Morgan fingerprint density at radius 1 is 0.903 bits per heavy atom. The molecule has 0 aliphatic carbocycles. The van der Waals surface area contributed by atoms with Crippen LogP contribution in [0.2, 0.25) is 0 Å². The Morgan fingerprint density at radius 2 is 1.55 bits per heavy atom. The first-order valence-electron chi connectivity index (χ1n) is 8.95. The van der Waals surface area contributed by atoms with E-state index in [2.05, 4.69) is 0 Å². The molecule has 0 saturated carbocycles. The van der Waals surface area contributed by atoms with E-state index in [0.717, 1.165) is 6.07 Å². The topological polar surface area (TPSA) is 118 Å². The van der Waals surface area contributed by atoms with E-state index < -0.39 is 28.5 Å². The van der Waals surface area contributed by atoms with Crippen molar-refractivity contribution in [1.82, 2.24) is 0 Å². The number of thiol groups is 1. The Bertz CT molecular complexity index is 1240. The van der Waals surface area contributed by atoms with E-state index in [-0.39, 0.29) is 39.5 Å². The third-order valence-corrected chi connectivity index (χ3v) is 5.14. The Balaban J connectivity index is 2.23. The molecule has 31 heavy (non-hydrogen) atoms. The lowest BCUT2D eigenvalue weighted by Crippen LogP contribution is -2.07. The second kappa shape index (κ2) is 8.97. The van der Waals surface area contributed by atoms with E-state index >= 15 is 0 Å². The van der Waals surface area contributed by atoms with Gasteiger partial charge in [-0.3, -0.25) is 0 Å². The van der Waals surface area contributed by atoms with Crippen LogP contribution >= 0.6 is 0 Å². The Hall–Kier alpha value is -3.72. The summed E-state index contributed by atoms with van der Waals surface area (Å²) >= 11 is 0. The molecule has 0 atom stereocenters. The third kappa shape index (κ3) is 5.07. The van der Waals surface area contributed by atoms with E-state index in [1.54, 1.807) is 0 Å². The SMILES string of the molecule is Cc1cc(-c2cc(C[SH](=O)=O)ccc2Oc2ccc(F)cc2)c(C(=O)O)cc1C(=O)O. The number of aryl methyl sites for hydroxylation is 1. The Morgan fingerprint density at radius 3 is 2.13 bits per heavy atom. The summed E-state index contributed by atoms with van der Waals surface area (Å²) in [6.07, 6.45) is 0. The van der Waals surface area contributed by atoms with Gasteiger partial charge in [0.15, 0.2) is 0 Å². The van der Waals surface area contributed by atoms with E-state index in [4.69, 9.17) is 4.74 Å². The molecule has 0 unspecified atom stereocenters. The van der Waals surface area contributed by atoms with Gasteiger partial charge in [0.25, 0.3) is 0 Å². The van der Waals surface area contributed by atoms with Crippen molar-refractivity contribution in [2.45, 2.75) is 12.7 Å². The monoisotopic (exact) mass is 444 g/mol. The second-order valence-corrected chi connectivity index (χ2v) is 7.68. The largest absolute Gasteiger partial charge is 0.478 e. The number of carboxylic acids is 2. The van der Waals surface area contributed by atoms with Crippen LogP contribution < -0.4 is 4.74 Å². The van der Waals surface area contributed by atoms with Crippen molar-refractivity contribution >= 4 is 22.6 Å². The van der Waals surface area contributed by atoms with Gasteiger partial charge in [-0.2, -0.15) is 0 Å². The molecule has 3 aromatic rings. The first kappa shape index (κ1) is 22.0. The second-order valence-electron chi connectivity index (χ2n) is 6.70. The lowest BCUT2D eigenvalue weighted by Gasteiger charge is -2.16. The van der Waals surface area contributed by atoms with Crippen LogP contribution in [-0.2, 0) is 16.5 Å². The molecule has 0 bridgehead atoms. The van der Waals surface area contributed by atoms with Gasteiger partial charge in [-0.1, -0.05) is 6.07 Å². The Kier molecular flexibility index (Phi) is 6.36. The highest BCUT2D eigenvalue weighted by molar-refractivity contribution is 7.71. The van der Waals surface area contributed by atoms with Crippen LogP contribution in [0, 0.1) is 12.7 Å². The van der Waals surface area contributed by atoms with Crippen LogP contribution in [0.3, 0.4) is 0 Å². The lowest BCUT2D eigenvalue weighted by molar-refractivity contribution is 0.0695. The van der Waals surface area contributed by atoms with Crippen molar-refractivity contribution in [2.24, 2.45) is 0 Å². The van der Waals surface area contributed by atoms with Crippen molar-refractivity contribution < 1.29 is 37.3 Å². The highest BCUT2D eigenvalue weighted by Crippen LogP contribution is 2.37. The fourth-order valence-corrected chi connectivity index (χ4v) is 3.59. The zero-order valence-corrected chi connectivity index (χ0v) is 17.1. The van der Waals surface area contributed by atoms with E-state index in [1.807, 2.05) is 0 Å². The molecule has 2 N–H and O–H groups in total. The molecule has 3 rings (SSSR count). The number of ether oxygens (including phenoxy) is 1. The molecule has 0 radical (unpaired) electrons. The molecule has 0 spiro atoms. The van der Waals surface area contributed by atoms with Crippen molar-refractivity contribution in [3.63, 3.8) is 0 Å². The molecule has 0 fully saturated rings. The summed E-state index contributed by atoms with van der Waals surface area (Å²) < 4.78 is 41.4. The van der Waals surface area contributed by atoms with Crippen LogP contribution in [0.15, 0.2) is 54.6 Å². The number of carboxylic acid groups (broad SMARTS) is 2. The number of benzene rings is 3. The van der Waals surface area contributed by atoms with Gasteiger partial charge in [-0.15, -0.1) is 0 Å². The fraction of sp³-hybridized carbons (Fsp3) is 0.0909. The molecule has 0 aliphatic rings. The third-order valence-electron chi connectivity index (χ3n) is 4.51. The van der Waals surface area contributed by atoms with Gasteiger partial charge in [0, 0.05) is 11.1 Å². The fourth-order valence-electron chi connectivity index (χ4n) is 3.09. The quantitative estimate of drug-likeness (QED) is 0.470. The number of hydrogen-bond acceptors (Lipinski definition) is 5. The van der Waals surface area contributed by atoms with Crippen molar-refractivity contribution in [2.75, 3.05) is 0 Å². The summed E-state index contributed by atoms with van der Waals surface area (Å²) in [4.78, 5) is 23.3. The first-order chi connectivity index (χ1) is 14.7. The number of aromatic carboxylic acids is 2. The van der Waals surface area contributed by atoms with Gasteiger partial charge in [0.1, 0.15) is 28.0 Å². The number of halogens is 1. The molecule has 0 aromatic heterocycles. The van der Waals surface area contributed by atoms with Crippen molar-refractivity contribution in [1.29, 1.82) is 0 Å². The predicted octanol–water partition coefficient (Wildman–Crippen LogP) is 4.10. The highest BCUT2D eigenvalue weighted by atomic mass is 32.2. The number of carbonyl (C=O) groups is 2. The smallest absolute Gasteiger partial charge is 0.336 e. The molecular formula is C22H17FO7S. The van der Waals surface area contributed by atoms with E-state index in [0.29, 0.717) is 11.1 Å². The summed E-state index contributed by atoms with van der Waals surface area (Å²) in [6.45, 7) is 1.53. The van der Waals surface area contributed by atoms with Gasteiger partial charge >= 0.3 is 11.9 Å². The maximum absolute atomic E-state index is 13.2. The zero-order chi connectivity index (χ0) is 22.7. The van der Waals surface area contributed by atoms with Gasteiger partial charge in [-0.05, 0) is 66.6 Å². The maximum Gasteiger partial charge on any atom is 0.336 e. The normalized spacial score (nSPS) is 10.8. The summed E-state index contributed by atoms with van der Waals surface area (Å²) in [5.41, 5.74) is 0.692. The number of rotatable bonds is 7. The van der Waals surface area contributed by atoms with Gasteiger partial charge < -0.3 is 14.9 Å². The minimum Gasteiger partial charge on any atom is -0.478 e. The molecule has 0 saturated heterocycles. The summed E-state index contributed by atoms with van der Waals surface area (Å²) in [5.74, 6) is -2.89. The Labute approximate surface area is 178 Å². The summed E-state index contributed by atoms with van der Waals surface area (Å²) in [7, 11) is -2.74. The molecule has 0 heterocycles. The van der Waals surface area contributed by atoms with Gasteiger partial charge in [0.2, 0.25) is 0 Å². The molecule has 9 heteroatoms. The zero-order valence-electron chi connectivity index (χ0n) is 16.2. The van der Waals surface area contributed by atoms with Crippen molar-refractivity contribution in [3.05, 3.63) is 82.7 Å². The molecule has 0 aliphatic heterocycles. The molecule has 160 valence electrons. The van der Waals surface area contributed by atoms with Crippen LogP contribution in [0.25, 0.3) is 11.1 Å². The summed E-state index contributed by atoms with van der Waals surface area (Å²) in [6, 6.07) is 12.1. The van der Waals surface area contributed by atoms with Gasteiger partial charge in [-0.25, -0.2) is 22.4 Å².